The SMILES string of the molecule is c1ccc2oc(-c3ccc4cc(-c5nc(-c6ccc(-c7cccc8c7oc7ccccc78)cc6)nc(-c6ccc7cc(-c8nc9ccccc9o8)ccc7c6)n5)ccc4c3)nc2c1. The first-order chi connectivity index (χ1) is 31.1. The second-order valence-electron chi connectivity index (χ2n) is 15.7. The smallest absolute Gasteiger partial charge is 0.227 e. The van der Waals surface area contributed by atoms with E-state index >= 15 is 0 Å². The minimum atomic E-state index is 0.571. The average Bonchev–Trinajstić information content (AvgIpc) is 4.09. The first-order valence-corrected chi connectivity index (χ1v) is 20.7. The Balaban J connectivity index is 0.900. The van der Waals surface area contributed by atoms with Crippen LogP contribution in [-0.4, -0.2) is 24.9 Å². The number of benzene rings is 9. The molecule has 0 saturated heterocycles. The maximum atomic E-state index is 6.38. The number of fused-ring (bicyclic) bond motifs is 7. The van der Waals surface area contributed by atoms with Crippen LogP contribution < -0.4 is 0 Å². The third-order valence-electron chi connectivity index (χ3n) is 11.8. The van der Waals surface area contributed by atoms with Crippen LogP contribution in [0.4, 0.5) is 0 Å². The molecule has 8 heteroatoms. The fraction of sp³-hybridized carbons (Fsp3) is 0. The van der Waals surface area contributed by atoms with Gasteiger partial charge >= 0.3 is 0 Å². The maximum Gasteiger partial charge on any atom is 0.227 e. The molecule has 0 aliphatic rings. The molecule has 4 aromatic heterocycles. The van der Waals surface area contributed by atoms with Gasteiger partial charge in [0.15, 0.2) is 28.6 Å². The summed E-state index contributed by atoms with van der Waals surface area (Å²) in [7, 11) is 0. The Hall–Kier alpha value is -8.75. The van der Waals surface area contributed by atoms with Crippen LogP contribution in [-0.2, 0) is 0 Å². The molecule has 13 aromatic rings. The zero-order valence-corrected chi connectivity index (χ0v) is 33.4. The number of oxazole rings is 2. The van der Waals surface area contributed by atoms with E-state index in [0.717, 1.165) is 105 Å². The number of furan rings is 1. The van der Waals surface area contributed by atoms with E-state index < -0.39 is 0 Å². The number of rotatable bonds is 6. The second-order valence-corrected chi connectivity index (χ2v) is 15.7. The van der Waals surface area contributed by atoms with E-state index in [2.05, 4.69) is 109 Å². The van der Waals surface area contributed by atoms with Crippen LogP contribution in [0.5, 0.6) is 0 Å². The molecule has 0 fully saturated rings. The lowest BCUT2D eigenvalue weighted by atomic mass is 10.0. The highest BCUT2D eigenvalue weighted by Gasteiger charge is 2.17. The molecule has 13 rings (SSSR count). The summed E-state index contributed by atoms with van der Waals surface area (Å²) < 4.78 is 18.5. The number of nitrogens with zero attached hydrogens (tertiary/aromatic N) is 5. The fourth-order valence-electron chi connectivity index (χ4n) is 8.56. The zero-order chi connectivity index (χ0) is 41.4. The van der Waals surface area contributed by atoms with Gasteiger partial charge in [-0.05, 0) is 93.8 Å². The minimum absolute atomic E-state index is 0.571. The molecule has 0 atom stereocenters. The van der Waals surface area contributed by atoms with Gasteiger partial charge in [-0.15, -0.1) is 0 Å². The number of hydrogen-bond acceptors (Lipinski definition) is 8. The van der Waals surface area contributed by atoms with Crippen molar-refractivity contribution in [3.05, 3.63) is 188 Å². The van der Waals surface area contributed by atoms with Gasteiger partial charge in [-0.3, -0.25) is 0 Å². The highest BCUT2D eigenvalue weighted by molar-refractivity contribution is 6.09. The molecule has 8 nitrogen and oxygen atoms in total. The van der Waals surface area contributed by atoms with Crippen LogP contribution in [0.3, 0.4) is 0 Å². The number of para-hydroxylation sites is 6. The van der Waals surface area contributed by atoms with Gasteiger partial charge in [0.05, 0.1) is 0 Å². The van der Waals surface area contributed by atoms with Gasteiger partial charge in [0.2, 0.25) is 11.8 Å². The van der Waals surface area contributed by atoms with E-state index in [1.54, 1.807) is 0 Å². The highest BCUT2D eigenvalue weighted by atomic mass is 16.4. The lowest BCUT2D eigenvalue weighted by molar-refractivity contribution is 0.619. The standard InChI is InChI=1S/C55H31N5O3/c1-4-13-47-43(8-1)44-10-7-9-42(50(44)61-47)32-16-18-33(19-17-32)51-58-52(38-24-20-36-30-40(26-22-34(36)28-38)54-56-45-11-2-5-14-48(45)62-54)60-53(59-51)39-25-21-37-31-41(27-23-35(37)29-39)55-57-46-12-3-6-15-49(46)63-55/h1-31H. The monoisotopic (exact) mass is 809 g/mol. The number of aromatic nitrogens is 5. The summed E-state index contributed by atoms with van der Waals surface area (Å²) >= 11 is 0. The molecule has 0 N–H and O–H groups in total. The molecule has 0 spiro atoms. The van der Waals surface area contributed by atoms with E-state index in [1.807, 2.05) is 78.9 Å². The topological polar surface area (TPSA) is 104 Å². The van der Waals surface area contributed by atoms with E-state index in [9.17, 15) is 0 Å². The quantitative estimate of drug-likeness (QED) is 0.164. The van der Waals surface area contributed by atoms with Crippen molar-refractivity contribution in [3.8, 4) is 68.2 Å². The van der Waals surface area contributed by atoms with E-state index in [-0.39, 0.29) is 0 Å². The predicted octanol–water partition coefficient (Wildman–Crippen LogP) is 14.4. The van der Waals surface area contributed by atoms with Crippen molar-refractivity contribution in [1.29, 1.82) is 0 Å². The third-order valence-corrected chi connectivity index (χ3v) is 11.8. The van der Waals surface area contributed by atoms with Crippen LogP contribution in [0.2, 0.25) is 0 Å². The molecule has 0 unspecified atom stereocenters. The lowest BCUT2D eigenvalue weighted by Gasteiger charge is -2.11. The number of hydrogen-bond donors (Lipinski definition) is 0. The third kappa shape index (κ3) is 6.03. The Labute approximate surface area is 358 Å². The molecule has 0 aliphatic carbocycles. The van der Waals surface area contributed by atoms with Crippen LogP contribution >= 0.6 is 0 Å². The van der Waals surface area contributed by atoms with Crippen molar-refractivity contribution in [2.45, 2.75) is 0 Å². The van der Waals surface area contributed by atoms with E-state index in [0.29, 0.717) is 29.3 Å². The first-order valence-electron chi connectivity index (χ1n) is 20.7. The summed E-state index contributed by atoms with van der Waals surface area (Å²) in [6, 6.07) is 63.5. The molecule has 63 heavy (non-hydrogen) atoms. The van der Waals surface area contributed by atoms with E-state index in [1.165, 1.54) is 0 Å². The molecule has 0 aliphatic heterocycles. The average molecular weight is 810 g/mol. The van der Waals surface area contributed by atoms with Crippen LogP contribution in [0.25, 0.3) is 134 Å². The van der Waals surface area contributed by atoms with Gasteiger partial charge in [-0.2, -0.15) is 0 Å². The van der Waals surface area contributed by atoms with Crippen molar-refractivity contribution in [2.24, 2.45) is 0 Å². The normalized spacial score (nSPS) is 11.8. The van der Waals surface area contributed by atoms with Crippen molar-refractivity contribution in [1.82, 2.24) is 24.9 Å². The van der Waals surface area contributed by atoms with Crippen LogP contribution in [0.15, 0.2) is 201 Å². The molecular formula is C55H31N5O3. The van der Waals surface area contributed by atoms with Crippen molar-refractivity contribution in [2.75, 3.05) is 0 Å². The van der Waals surface area contributed by atoms with Gasteiger partial charge in [0.25, 0.3) is 0 Å². The Morgan fingerprint density at radius 3 is 1.27 bits per heavy atom. The van der Waals surface area contributed by atoms with Crippen LogP contribution in [0.1, 0.15) is 0 Å². The zero-order valence-electron chi connectivity index (χ0n) is 33.4. The molecule has 0 amide bonds. The Morgan fingerprint density at radius 1 is 0.286 bits per heavy atom. The highest BCUT2D eigenvalue weighted by Crippen LogP contribution is 2.37. The molecule has 294 valence electrons. The molecule has 4 heterocycles. The molecule has 0 radical (unpaired) electrons. The van der Waals surface area contributed by atoms with Gasteiger partial charge < -0.3 is 13.3 Å². The van der Waals surface area contributed by atoms with Gasteiger partial charge in [0, 0.05) is 44.2 Å². The summed E-state index contributed by atoms with van der Waals surface area (Å²) in [5, 5.41) is 6.38. The van der Waals surface area contributed by atoms with E-state index in [4.69, 9.17) is 38.2 Å². The maximum absolute atomic E-state index is 6.38. The fourth-order valence-corrected chi connectivity index (χ4v) is 8.56. The van der Waals surface area contributed by atoms with Gasteiger partial charge in [-0.25, -0.2) is 24.9 Å². The van der Waals surface area contributed by atoms with Crippen molar-refractivity contribution in [3.63, 3.8) is 0 Å². The summed E-state index contributed by atoms with van der Waals surface area (Å²) in [5.41, 5.74) is 11.4. The second kappa shape index (κ2) is 13.9. The summed E-state index contributed by atoms with van der Waals surface area (Å²) in [6.45, 7) is 0. The first kappa shape index (κ1) is 35.0. The summed E-state index contributed by atoms with van der Waals surface area (Å²) in [4.78, 5) is 24.8. The largest absolute Gasteiger partial charge is 0.455 e. The van der Waals surface area contributed by atoms with Crippen LogP contribution in [0, 0.1) is 0 Å². The minimum Gasteiger partial charge on any atom is -0.455 e. The summed E-state index contributed by atoms with van der Waals surface area (Å²) in [6.07, 6.45) is 0. The van der Waals surface area contributed by atoms with Crippen molar-refractivity contribution < 1.29 is 13.3 Å². The molecule has 0 bridgehead atoms. The van der Waals surface area contributed by atoms with Gasteiger partial charge in [0.1, 0.15) is 22.2 Å². The van der Waals surface area contributed by atoms with Gasteiger partial charge in [-0.1, -0.05) is 121 Å². The summed E-state index contributed by atoms with van der Waals surface area (Å²) in [5.74, 6) is 2.89. The Morgan fingerprint density at radius 2 is 0.714 bits per heavy atom. The predicted molar refractivity (Wildman–Crippen MR) is 250 cm³/mol. The Bertz CT molecular complexity index is 3700. The Kier molecular flexibility index (Phi) is 7.74. The molecule has 0 saturated carbocycles. The lowest BCUT2D eigenvalue weighted by Crippen LogP contribution is -2.00. The van der Waals surface area contributed by atoms with Crippen molar-refractivity contribution >= 4 is 65.7 Å². The molecule has 9 aromatic carbocycles. The molecular weight excluding hydrogens is 779 g/mol.